The molecule has 2 aromatic heterocycles. The van der Waals surface area contributed by atoms with Gasteiger partial charge in [0.05, 0.1) is 13.3 Å². The van der Waals surface area contributed by atoms with Crippen LogP contribution in [0, 0.1) is 6.92 Å². The molecule has 0 atom stereocenters. The molecule has 2 heterocycles. The van der Waals surface area contributed by atoms with Gasteiger partial charge in [-0.25, -0.2) is 9.67 Å². The third-order valence-corrected chi connectivity index (χ3v) is 2.60. The summed E-state index contributed by atoms with van der Waals surface area (Å²) < 4.78 is 7.08. The molecular formula is C13H17N3O. The molecule has 0 N–H and O–H groups in total. The Morgan fingerprint density at radius 1 is 1.29 bits per heavy atom. The maximum absolute atomic E-state index is 5.32. The highest BCUT2D eigenvalue weighted by atomic mass is 16.5. The number of nitrogens with zero attached hydrogens (tertiary/aromatic N) is 3. The van der Waals surface area contributed by atoms with Crippen LogP contribution in [-0.4, -0.2) is 21.9 Å². The molecule has 0 saturated carbocycles. The van der Waals surface area contributed by atoms with Crippen LogP contribution < -0.4 is 4.74 Å². The maximum atomic E-state index is 5.32. The lowest BCUT2D eigenvalue weighted by atomic mass is 10.1. The first-order valence-electron chi connectivity index (χ1n) is 5.68. The molecule has 0 aliphatic heterocycles. The number of methoxy groups -OCH3 is 1. The molecule has 90 valence electrons. The quantitative estimate of drug-likeness (QED) is 0.815. The summed E-state index contributed by atoms with van der Waals surface area (Å²) in [7, 11) is 1.66. The van der Waals surface area contributed by atoms with Gasteiger partial charge in [-0.2, -0.15) is 5.10 Å². The van der Waals surface area contributed by atoms with E-state index < -0.39 is 0 Å². The summed E-state index contributed by atoms with van der Waals surface area (Å²) in [5.74, 6) is 1.94. The highest BCUT2D eigenvalue weighted by molar-refractivity contribution is 5.33. The lowest BCUT2D eigenvalue weighted by Crippen LogP contribution is -1.99. The average Bonchev–Trinajstić information content (AvgIpc) is 2.74. The largest absolute Gasteiger partial charge is 0.493 e. The van der Waals surface area contributed by atoms with E-state index in [1.165, 1.54) is 0 Å². The van der Waals surface area contributed by atoms with Crippen molar-refractivity contribution < 1.29 is 4.74 Å². The minimum absolute atomic E-state index is 0.330. The third-order valence-electron chi connectivity index (χ3n) is 2.60. The van der Waals surface area contributed by atoms with Gasteiger partial charge in [0, 0.05) is 12.1 Å². The SMILES string of the molecule is COc1cn(-c2ccc(C)cn2)nc1C(C)C. The van der Waals surface area contributed by atoms with Gasteiger partial charge >= 0.3 is 0 Å². The second kappa shape index (κ2) is 4.57. The van der Waals surface area contributed by atoms with Gasteiger partial charge in [0.1, 0.15) is 5.69 Å². The summed E-state index contributed by atoms with van der Waals surface area (Å²) >= 11 is 0. The van der Waals surface area contributed by atoms with Crippen LogP contribution in [0.4, 0.5) is 0 Å². The van der Waals surface area contributed by atoms with E-state index in [2.05, 4.69) is 23.9 Å². The molecule has 0 amide bonds. The molecule has 0 radical (unpaired) electrons. The average molecular weight is 231 g/mol. The predicted octanol–water partition coefficient (Wildman–Crippen LogP) is 2.71. The van der Waals surface area contributed by atoms with Crippen LogP contribution >= 0.6 is 0 Å². The summed E-state index contributed by atoms with van der Waals surface area (Å²) in [5.41, 5.74) is 2.09. The number of pyridine rings is 1. The molecule has 2 aromatic rings. The summed E-state index contributed by atoms with van der Waals surface area (Å²) in [6.07, 6.45) is 3.70. The molecular weight excluding hydrogens is 214 g/mol. The van der Waals surface area contributed by atoms with Gasteiger partial charge in [-0.3, -0.25) is 0 Å². The standard InChI is InChI=1S/C13H17N3O/c1-9(2)13-11(17-4)8-16(15-13)12-6-5-10(3)7-14-12/h5-9H,1-4H3. The van der Waals surface area contributed by atoms with Crippen LogP contribution in [0.2, 0.25) is 0 Å². The number of hydrogen-bond donors (Lipinski definition) is 0. The topological polar surface area (TPSA) is 39.9 Å². The molecule has 0 bridgehead atoms. The van der Waals surface area contributed by atoms with Crippen molar-refractivity contribution in [2.45, 2.75) is 26.7 Å². The van der Waals surface area contributed by atoms with E-state index in [9.17, 15) is 0 Å². The Bertz CT molecular complexity index is 500. The molecule has 0 aromatic carbocycles. The normalized spacial score (nSPS) is 10.9. The van der Waals surface area contributed by atoms with Gasteiger partial charge in [-0.1, -0.05) is 19.9 Å². The lowest BCUT2D eigenvalue weighted by Gasteiger charge is -2.02. The Morgan fingerprint density at radius 3 is 2.53 bits per heavy atom. The van der Waals surface area contributed by atoms with Gasteiger partial charge in [-0.15, -0.1) is 0 Å². The minimum atomic E-state index is 0.330. The van der Waals surface area contributed by atoms with E-state index in [0.717, 1.165) is 22.8 Å². The number of hydrogen-bond acceptors (Lipinski definition) is 3. The van der Waals surface area contributed by atoms with Crippen molar-refractivity contribution in [2.75, 3.05) is 7.11 Å². The minimum Gasteiger partial charge on any atom is -0.493 e. The Morgan fingerprint density at radius 2 is 2.06 bits per heavy atom. The molecule has 4 heteroatoms. The third kappa shape index (κ3) is 2.30. The lowest BCUT2D eigenvalue weighted by molar-refractivity contribution is 0.407. The van der Waals surface area contributed by atoms with E-state index in [-0.39, 0.29) is 0 Å². The van der Waals surface area contributed by atoms with Gasteiger partial charge in [0.2, 0.25) is 0 Å². The van der Waals surface area contributed by atoms with Crippen LogP contribution in [0.25, 0.3) is 5.82 Å². The Kier molecular flexibility index (Phi) is 3.13. The maximum Gasteiger partial charge on any atom is 0.160 e. The van der Waals surface area contributed by atoms with Crippen molar-refractivity contribution in [3.8, 4) is 11.6 Å². The smallest absolute Gasteiger partial charge is 0.160 e. The molecule has 0 fully saturated rings. The van der Waals surface area contributed by atoms with E-state index in [1.807, 2.05) is 31.5 Å². The van der Waals surface area contributed by atoms with Gasteiger partial charge in [0.25, 0.3) is 0 Å². The van der Waals surface area contributed by atoms with Gasteiger partial charge < -0.3 is 4.74 Å². The molecule has 17 heavy (non-hydrogen) atoms. The van der Waals surface area contributed by atoms with Crippen LogP contribution in [0.15, 0.2) is 24.5 Å². The van der Waals surface area contributed by atoms with Crippen LogP contribution in [0.5, 0.6) is 5.75 Å². The van der Waals surface area contributed by atoms with Gasteiger partial charge in [0.15, 0.2) is 11.6 Å². The fourth-order valence-electron chi connectivity index (χ4n) is 1.64. The molecule has 0 spiro atoms. The Labute approximate surface area is 101 Å². The Hall–Kier alpha value is -1.84. The second-order valence-corrected chi connectivity index (χ2v) is 4.38. The predicted molar refractivity (Wildman–Crippen MR) is 66.7 cm³/mol. The zero-order chi connectivity index (χ0) is 12.4. The zero-order valence-electron chi connectivity index (χ0n) is 10.6. The van der Waals surface area contributed by atoms with Gasteiger partial charge in [-0.05, 0) is 18.6 Å². The first kappa shape index (κ1) is 11.6. The molecule has 0 saturated heterocycles. The van der Waals surface area contributed by atoms with Crippen LogP contribution in [0.1, 0.15) is 31.0 Å². The zero-order valence-corrected chi connectivity index (χ0v) is 10.6. The van der Waals surface area contributed by atoms with Crippen molar-refractivity contribution >= 4 is 0 Å². The van der Waals surface area contributed by atoms with Crippen molar-refractivity contribution in [1.82, 2.24) is 14.8 Å². The monoisotopic (exact) mass is 231 g/mol. The van der Waals surface area contributed by atoms with Crippen molar-refractivity contribution in [3.05, 3.63) is 35.8 Å². The van der Waals surface area contributed by atoms with Crippen molar-refractivity contribution in [1.29, 1.82) is 0 Å². The van der Waals surface area contributed by atoms with Crippen LogP contribution in [-0.2, 0) is 0 Å². The number of ether oxygens (including phenoxy) is 1. The van der Waals surface area contributed by atoms with E-state index >= 15 is 0 Å². The second-order valence-electron chi connectivity index (χ2n) is 4.38. The summed E-state index contributed by atoms with van der Waals surface area (Å²) in [6, 6.07) is 3.97. The summed E-state index contributed by atoms with van der Waals surface area (Å²) in [6.45, 7) is 6.20. The van der Waals surface area contributed by atoms with E-state index in [1.54, 1.807) is 11.8 Å². The molecule has 4 nitrogen and oxygen atoms in total. The number of rotatable bonds is 3. The van der Waals surface area contributed by atoms with E-state index in [4.69, 9.17) is 4.74 Å². The van der Waals surface area contributed by atoms with Crippen LogP contribution in [0.3, 0.4) is 0 Å². The first-order valence-corrected chi connectivity index (χ1v) is 5.68. The summed E-state index contributed by atoms with van der Waals surface area (Å²) in [5, 5.41) is 4.51. The molecule has 2 rings (SSSR count). The first-order chi connectivity index (χ1) is 8.11. The number of aromatic nitrogens is 3. The van der Waals surface area contributed by atoms with Crippen molar-refractivity contribution in [3.63, 3.8) is 0 Å². The van der Waals surface area contributed by atoms with Crippen molar-refractivity contribution in [2.24, 2.45) is 0 Å². The summed E-state index contributed by atoms with van der Waals surface area (Å²) in [4.78, 5) is 4.34. The van der Waals surface area contributed by atoms with E-state index in [0.29, 0.717) is 5.92 Å². The molecule has 0 unspecified atom stereocenters. The number of aryl methyl sites for hydroxylation is 1. The highest BCUT2D eigenvalue weighted by Gasteiger charge is 2.13. The molecule has 0 aliphatic rings. The Balaban J connectivity index is 2.42. The fourth-order valence-corrected chi connectivity index (χ4v) is 1.64. The molecule has 0 aliphatic carbocycles. The fraction of sp³-hybridized carbons (Fsp3) is 0.385. The highest BCUT2D eigenvalue weighted by Crippen LogP contribution is 2.25.